The zero-order valence-electron chi connectivity index (χ0n) is 7.90. The molecule has 6 atom stereocenters. The van der Waals surface area contributed by atoms with Gasteiger partial charge in [-0.25, -0.2) is 0 Å². The molecule has 13 heavy (non-hydrogen) atoms. The van der Waals surface area contributed by atoms with Crippen LogP contribution in [0.3, 0.4) is 0 Å². The van der Waals surface area contributed by atoms with Crippen molar-refractivity contribution in [3.63, 3.8) is 0 Å². The van der Waals surface area contributed by atoms with Gasteiger partial charge in [-0.2, -0.15) is 0 Å². The van der Waals surface area contributed by atoms with E-state index >= 15 is 0 Å². The van der Waals surface area contributed by atoms with Crippen LogP contribution < -0.4 is 0 Å². The van der Waals surface area contributed by atoms with Crippen molar-refractivity contribution < 1.29 is 14.0 Å². The third-order valence-electron chi connectivity index (χ3n) is 2.27. The summed E-state index contributed by atoms with van der Waals surface area (Å²) in [4.78, 5) is 0. The molecule has 0 N–H and O–H groups in total. The Morgan fingerprint density at radius 3 is 2.85 bits per heavy atom. The Hall–Kier alpha value is 0.805. The van der Waals surface area contributed by atoms with Crippen molar-refractivity contribution in [3.05, 3.63) is 0 Å². The van der Waals surface area contributed by atoms with Gasteiger partial charge in [0.2, 0.25) is 0 Å². The molecule has 0 bridgehead atoms. The third-order valence-corrected chi connectivity index (χ3v) is 3.09. The van der Waals surface area contributed by atoms with Crippen molar-refractivity contribution in [3.8, 4) is 0 Å². The Bertz CT molecular complexity index is 161. The van der Waals surface area contributed by atoms with E-state index in [0.29, 0.717) is 15.1 Å². The maximum Gasteiger partial charge on any atom is 0.109 e. The Labute approximate surface area is 84.6 Å². The van der Waals surface area contributed by atoms with Crippen LogP contribution in [0.2, 0.25) is 0 Å². The smallest absolute Gasteiger partial charge is 0.109 e. The van der Waals surface area contributed by atoms with E-state index in [-0.39, 0.29) is 24.1 Å². The summed E-state index contributed by atoms with van der Waals surface area (Å²) < 4.78 is 16.1. The zero-order valence-corrected chi connectivity index (χ0v) is 10.1. The fourth-order valence-electron chi connectivity index (χ4n) is 1.49. The van der Waals surface area contributed by atoms with Crippen LogP contribution in [0.4, 0.5) is 0 Å². The van der Waals surface area contributed by atoms with Crippen LogP contribution in [0.15, 0.2) is 0 Å². The summed E-state index contributed by atoms with van der Waals surface area (Å²) in [5.74, 6) is 0.230. The van der Waals surface area contributed by atoms with E-state index in [9.17, 15) is 0 Å². The highest BCUT2D eigenvalue weighted by Crippen LogP contribution is 2.35. The van der Waals surface area contributed by atoms with E-state index in [1.165, 1.54) is 0 Å². The number of ether oxygens (including phenoxy) is 2. The van der Waals surface area contributed by atoms with Crippen LogP contribution in [0.1, 0.15) is 6.92 Å². The van der Waals surface area contributed by atoms with Gasteiger partial charge in [-0.05, 0) is 0 Å². The zero-order chi connectivity index (χ0) is 9.84. The molecule has 6 heteroatoms. The van der Waals surface area contributed by atoms with Crippen LogP contribution in [-0.4, -0.2) is 39.8 Å². The van der Waals surface area contributed by atoms with E-state index in [1.807, 2.05) is 6.92 Å². The Kier molecular flexibility index (Phi) is 5.14. The maximum absolute atomic E-state index is 5.76. The van der Waals surface area contributed by atoms with Gasteiger partial charge < -0.3 is 14.0 Å². The first kappa shape index (κ1) is 11.9. The molecular weight excluding hydrogens is 205 g/mol. The highest BCUT2D eigenvalue weighted by molar-refractivity contribution is 8.00. The molecule has 1 aliphatic rings. The molecule has 1 aliphatic heterocycles. The Morgan fingerprint density at radius 2 is 2.31 bits per heavy atom. The highest BCUT2D eigenvalue weighted by atomic mass is 32.0. The van der Waals surface area contributed by atoms with E-state index in [4.69, 9.17) is 21.8 Å². The molecule has 74 valence electrons. The van der Waals surface area contributed by atoms with Gasteiger partial charge in [0.15, 0.2) is 0 Å². The van der Waals surface area contributed by atoms with Crippen LogP contribution in [0, 0.1) is 5.92 Å². The summed E-state index contributed by atoms with van der Waals surface area (Å²) in [5.41, 5.74) is 0. The first-order valence-electron chi connectivity index (χ1n) is 4.22. The normalized spacial score (nSPS) is 40.5. The summed E-state index contributed by atoms with van der Waals surface area (Å²) in [7, 11) is 10.3. The van der Waals surface area contributed by atoms with Crippen molar-refractivity contribution in [2.75, 3.05) is 13.7 Å². The van der Waals surface area contributed by atoms with Crippen LogP contribution in [-0.2, 0) is 14.0 Å². The number of methoxy groups -OCH3 is 1. The van der Waals surface area contributed by atoms with Crippen molar-refractivity contribution in [1.82, 2.24) is 0 Å². The largest absolute Gasteiger partial charge is 0.382 e. The van der Waals surface area contributed by atoms with Crippen molar-refractivity contribution in [2.45, 2.75) is 25.1 Å². The lowest BCUT2D eigenvalue weighted by molar-refractivity contribution is -0.00683. The molecule has 0 aromatic rings. The average Bonchev–Trinajstić information content (AvgIpc) is 2.34. The van der Waals surface area contributed by atoms with Gasteiger partial charge in [0.05, 0.1) is 12.7 Å². The lowest BCUT2D eigenvalue weighted by Gasteiger charge is -2.19. The molecule has 3 nitrogen and oxygen atoms in total. The average molecular weight is 220 g/mol. The summed E-state index contributed by atoms with van der Waals surface area (Å²) in [5, 5.41) is 0. The van der Waals surface area contributed by atoms with E-state index in [1.54, 1.807) is 7.11 Å². The quantitative estimate of drug-likeness (QED) is 0.521. The number of hydrogen-bond acceptors (Lipinski definition) is 3. The predicted octanol–water partition coefficient (Wildman–Crippen LogP) is 0.931. The minimum absolute atomic E-state index is 0.0250. The fourth-order valence-corrected chi connectivity index (χ4v) is 2.48. The second-order valence-corrected chi connectivity index (χ2v) is 4.33. The van der Waals surface area contributed by atoms with Gasteiger partial charge in [0, 0.05) is 27.5 Å². The molecule has 0 saturated carbocycles. The Balaban J connectivity index is 2.52. The van der Waals surface area contributed by atoms with Gasteiger partial charge in [-0.1, -0.05) is 15.9 Å². The van der Waals surface area contributed by atoms with E-state index < -0.39 is 0 Å². The third kappa shape index (κ3) is 2.87. The molecule has 0 amide bonds. The van der Waals surface area contributed by atoms with E-state index in [2.05, 4.69) is 8.93 Å². The molecule has 1 saturated heterocycles. The summed E-state index contributed by atoms with van der Waals surface area (Å²) in [6.07, 6.45) is 0.0360. The topological polar surface area (TPSA) is 27.7 Å². The van der Waals surface area contributed by atoms with Crippen molar-refractivity contribution >= 4 is 25.3 Å². The molecule has 3 unspecified atom stereocenters. The van der Waals surface area contributed by atoms with Crippen LogP contribution >= 0.6 is 17.4 Å². The standard InChI is InChI=1S/C7H15BO3P2/c1-4-6(11-13-12)5(3-9-2)10-7(4)8/h4-7,13H,3,12H2,1-2H3/t4?,5-,6-,7-/m1/s1. The van der Waals surface area contributed by atoms with Crippen molar-refractivity contribution in [2.24, 2.45) is 5.92 Å². The second kappa shape index (κ2) is 5.63. The lowest BCUT2D eigenvalue weighted by Crippen LogP contribution is -2.30. The molecule has 0 aliphatic carbocycles. The van der Waals surface area contributed by atoms with Gasteiger partial charge in [-0.15, -0.1) is 0 Å². The molecule has 2 radical (unpaired) electrons. The fraction of sp³-hybridized carbons (Fsp3) is 1.00. The molecule has 0 aromatic heterocycles. The highest BCUT2D eigenvalue weighted by Gasteiger charge is 2.39. The lowest BCUT2D eigenvalue weighted by atomic mass is 9.86. The summed E-state index contributed by atoms with van der Waals surface area (Å²) >= 11 is 0. The number of hydrogen-bond donors (Lipinski definition) is 0. The second-order valence-electron chi connectivity index (χ2n) is 3.15. The van der Waals surface area contributed by atoms with Gasteiger partial charge in [0.25, 0.3) is 0 Å². The molecule has 0 spiro atoms. The monoisotopic (exact) mass is 220 g/mol. The van der Waals surface area contributed by atoms with Gasteiger partial charge in [0.1, 0.15) is 14.0 Å². The molecule has 0 aromatic carbocycles. The van der Waals surface area contributed by atoms with Crippen LogP contribution in [0.5, 0.6) is 0 Å². The minimum Gasteiger partial charge on any atom is -0.382 e. The first-order valence-corrected chi connectivity index (χ1v) is 6.93. The van der Waals surface area contributed by atoms with Gasteiger partial charge >= 0.3 is 0 Å². The molecule has 1 heterocycles. The minimum atomic E-state index is -0.230. The SMILES string of the molecule is [B][C@@H]1O[C@H](COC)[C@H](OPP)C1C. The maximum atomic E-state index is 5.76. The summed E-state index contributed by atoms with van der Waals surface area (Å²) in [6, 6.07) is -0.230. The first-order chi connectivity index (χ1) is 6.20. The Morgan fingerprint density at radius 1 is 1.62 bits per heavy atom. The van der Waals surface area contributed by atoms with Crippen LogP contribution in [0.25, 0.3) is 0 Å². The predicted molar refractivity (Wildman–Crippen MR) is 58.4 cm³/mol. The van der Waals surface area contributed by atoms with E-state index in [0.717, 1.165) is 0 Å². The van der Waals surface area contributed by atoms with Gasteiger partial charge in [-0.3, -0.25) is 0 Å². The van der Waals surface area contributed by atoms with Crippen molar-refractivity contribution in [1.29, 1.82) is 0 Å². The number of rotatable bonds is 4. The molecule has 1 rings (SSSR count). The molecular formula is C7H15BO3P2. The summed E-state index contributed by atoms with van der Waals surface area (Å²) in [6.45, 7) is 2.58. The molecule has 1 fully saturated rings.